The Bertz CT molecular complexity index is 1180. The van der Waals surface area contributed by atoms with Crippen LogP contribution in [-0.4, -0.2) is 15.3 Å². The molecule has 0 spiro atoms. The van der Waals surface area contributed by atoms with E-state index in [1.165, 1.54) is 33.6 Å². The van der Waals surface area contributed by atoms with Crippen molar-refractivity contribution in [1.82, 2.24) is 9.55 Å². The molecule has 3 heterocycles. The average molecular weight is 445 g/mol. The van der Waals surface area contributed by atoms with E-state index in [2.05, 4.69) is 20.9 Å². The van der Waals surface area contributed by atoms with E-state index in [1.807, 2.05) is 43.3 Å². The summed E-state index contributed by atoms with van der Waals surface area (Å²) < 4.78 is 2.29. The third-order valence-electron chi connectivity index (χ3n) is 4.12. The quantitative estimate of drug-likeness (QED) is 0.409. The molecule has 4 aromatic rings. The van der Waals surface area contributed by atoms with E-state index in [0.29, 0.717) is 15.1 Å². The number of fused-ring (bicyclic) bond motifs is 1. The monoisotopic (exact) mass is 444 g/mol. The molecule has 130 valence electrons. The molecule has 0 radical (unpaired) electrons. The first kappa shape index (κ1) is 17.3. The van der Waals surface area contributed by atoms with Crippen molar-refractivity contribution in [2.75, 3.05) is 0 Å². The summed E-state index contributed by atoms with van der Waals surface area (Å²) in [7, 11) is 0. The van der Waals surface area contributed by atoms with Crippen LogP contribution in [0.15, 0.2) is 57.4 Å². The zero-order valence-corrected chi connectivity index (χ0v) is 17.0. The molecule has 1 aromatic carbocycles. The fourth-order valence-corrected chi connectivity index (χ4v) is 5.29. The Hall–Kier alpha value is -2.09. The molecule has 26 heavy (non-hydrogen) atoms. The number of nitrogens with zero attached hydrogens (tertiary/aromatic N) is 2. The lowest BCUT2D eigenvalue weighted by molar-refractivity contribution is 0.0974. The van der Waals surface area contributed by atoms with Gasteiger partial charge in [0, 0.05) is 4.88 Å². The summed E-state index contributed by atoms with van der Waals surface area (Å²) in [6, 6.07) is 13.6. The van der Waals surface area contributed by atoms with Crippen LogP contribution in [-0.2, 0) is 6.54 Å². The van der Waals surface area contributed by atoms with Crippen LogP contribution in [0.4, 0.5) is 0 Å². The number of aromatic nitrogens is 2. The molecule has 3 aromatic heterocycles. The van der Waals surface area contributed by atoms with Crippen molar-refractivity contribution in [3.63, 3.8) is 0 Å². The van der Waals surface area contributed by atoms with Crippen molar-refractivity contribution in [3.8, 4) is 10.4 Å². The van der Waals surface area contributed by atoms with Gasteiger partial charge in [-0.1, -0.05) is 30.3 Å². The Morgan fingerprint density at radius 1 is 1.15 bits per heavy atom. The minimum absolute atomic E-state index is 0.00924. The number of ketones is 1. The molecule has 0 saturated heterocycles. The average Bonchev–Trinajstić information content (AvgIpc) is 3.22. The maximum Gasteiger partial charge on any atom is 0.262 e. The van der Waals surface area contributed by atoms with Gasteiger partial charge < -0.3 is 0 Å². The van der Waals surface area contributed by atoms with Gasteiger partial charge in [0.1, 0.15) is 4.83 Å². The van der Waals surface area contributed by atoms with Crippen LogP contribution in [0.3, 0.4) is 0 Å². The fourth-order valence-electron chi connectivity index (χ4n) is 2.83. The van der Waals surface area contributed by atoms with E-state index in [1.54, 1.807) is 6.07 Å². The van der Waals surface area contributed by atoms with Crippen molar-refractivity contribution in [2.45, 2.75) is 13.5 Å². The van der Waals surface area contributed by atoms with Crippen molar-refractivity contribution in [3.05, 3.63) is 73.4 Å². The molecule has 0 bridgehead atoms. The maximum absolute atomic E-state index is 12.9. The van der Waals surface area contributed by atoms with Crippen LogP contribution in [0.1, 0.15) is 15.2 Å². The Balaban J connectivity index is 1.76. The lowest BCUT2D eigenvalue weighted by Gasteiger charge is -2.04. The zero-order chi connectivity index (χ0) is 18.3. The number of carbonyl (C=O) groups excluding carboxylic acids is 1. The number of aryl methyl sites for hydroxylation is 1. The summed E-state index contributed by atoms with van der Waals surface area (Å²) in [5.74, 6) is -0.0971. The fraction of sp³-hybridized carbons (Fsp3) is 0.105. The Morgan fingerprint density at radius 3 is 2.62 bits per heavy atom. The Morgan fingerprint density at radius 2 is 1.92 bits per heavy atom. The molecule has 0 amide bonds. The van der Waals surface area contributed by atoms with Crippen molar-refractivity contribution in [2.24, 2.45) is 0 Å². The van der Waals surface area contributed by atoms with Gasteiger partial charge >= 0.3 is 0 Å². The molecular formula is C19H13BrN2O2S2. The van der Waals surface area contributed by atoms with Crippen LogP contribution in [0, 0.1) is 6.92 Å². The lowest BCUT2D eigenvalue weighted by Crippen LogP contribution is -2.24. The molecule has 0 aliphatic rings. The van der Waals surface area contributed by atoms with Gasteiger partial charge in [-0.2, -0.15) is 0 Å². The molecule has 0 N–H and O–H groups in total. The molecule has 4 nitrogen and oxygen atoms in total. The number of hydrogen-bond acceptors (Lipinski definition) is 5. The standard InChI is InChI=1S/C19H13BrN2O2S2/c1-11-16-18(26-17(11)12-5-3-2-4-6-12)21-10-22(19(16)24)9-13(23)14-7-8-15(20)25-14/h2-8,10H,9H2,1H3. The summed E-state index contributed by atoms with van der Waals surface area (Å²) >= 11 is 6.22. The summed E-state index contributed by atoms with van der Waals surface area (Å²) in [4.78, 5) is 32.2. The number of Topliss-reactive ketones (excluding diaryl/α,β-unsaturated/α-hetero) is 1. The topological polar surface area (TPSA) is 52.0 Å². The van der Waals surface area contributed by atoms with E-state index in [9.17, 15) is 9.59 Å². The first-order valence-electron chi connectivity index (χ1n) is 7.87. The van der Waals surface area contributed by atoms with Gasteiger partial charge in [0.15, 0.2) is 5.78 Å². The Labute approximate surface area is 165 Å². The number of thiophene rings is 2. The zero-order valence-electron chi connectivity index (χ0n) is 13.7. The molecule has 0 fully saturated rings. The van der Waals surface area contributed by atoms with E-state index < -0.39 is 0 Å². The van der Waals surface area contributed by atoms with Gasteiger partial charge in [0.05, 0.1) is 26.9 Å². The molecule has 0 aliphatic heterocycles. The number of hydrogen-bond donors (Lipinski definition) is 0. The summed E-state index contributed by atoms with van der Waals surface area (Å²) in [5, 5.41) is 0.594. The van der Waals surface area contributed by atoms with E-state index in [0.717, 1.165) is 19.8 Å². The second-order valence-electron chi connectivity index (χ2n) is 5.81. The van der Waals surface area contributed by atoms with Crippen molar-refractivity contribution < 1.29 is 4.79 Å². The SMILES string of the molecule is Cc1c(-c2ccccc2)sc2ncn(CC(=O)c3ccc(Br)s3)c(=O)c12. The van der Waals surface area contributed by atoms with Gasteiger partial charge in [-0.3, -0.25) is 14.2 Å². The largest absolute Gasteiger partial charge is 0.291 e. The number of rotatable bonds is 4. The normalized spacial score (nSPS) is 11.2. The van der Waals surface area contributed by atoms with Crippen LogP contribution < -0.4 is 5.56 Å². The summed E-state index contributed by atoms with van der Waals surface area (Å²) in [6.07, 6.45) is 1.47. The third-order valence-corrected chi connectivity index (χ3v) is 7.03. The van der Waals surface area contributed by atoms with Crippen LogP contribution in [0.25, 0.3) is 20.7 Å². The number of halogens is 1. The smallest absolute Gasteiger partial charge is 0.262 e. The molecule has 0 unspecified atom stereocenters. The van der Waals surface area contributed by atoms with Gasteiger partial charge in [-0.05, 0) is 46.1 Å². The highest BCUT2D eigenvalue weighted by Crippen LogP contribution is 2.35. The predicted octanol–water partition coefficient (Wildman–Crippen LogP) is 5.14. The maximum atomic E-state index is 12.9. The molecule has 0 aliphatic carbocycles. The predicted molar refractivity (Wildman–Crippen MR) is 110 cm³/mol. The second-order valence-corrected chi connectivity index (χ2v) is 9.27. The van der Waals surface area contributed by atoms with Crippen molar-refractivity contribution >= 4 is 54.6 Å². The molecule has 0 saturated carbocycles. The molecular weight excluding hydrogens is 432 g/mol. The van der Waals surface area contributed by atoms with Crippen LogP contribution in [0.5, 0.6) is 0 Å². The lowest BCUT2D eigenvalue weighted by atomic mass is 10.1. The Kier molecular flexibility index (Phi) is 4.60. The summed E-state index contributed by atoms with van der Waals surface area (Å²) in [5.41, 5.74) is 1.81. The highest BCUT2D eigenvalue weighted by atomic mass is 79.9. The number of carbonyl (C=O) groups is 1. The third kappa shape index (κ3) is 3.06. The van der Waals surface area contributed by atoms with E-state index in [-0.39, 0.29) is 17.9 Å². The first-order chi connectivity index (χ1) is 12.5. The van der Waals surface area contributed by atoms with Gasteiger partial charge in [-0.25, -0.2) is 4.98 Å². The van der Waals surface area contributed by atoms with E-state index >= 15 is 0 Å². The number of benzene rings is 1. The van der Waals surface area contributed by atoms with Gasteiger partial charge in [-0.15, -0.1) is 22.7 Å². The highest BCUT2D eigenvalue weighted by Gasteiger charge is 2.17. The minimum atomic E-state index is -0.171. The van der Waals surface area contributed by atoms with Gasteiger partial charge in [0.25, 0.3) is 5.56 Å². The molecule has 4 rings (SSSR count). The van der Waals surface area contributed by atoms with E-state index in [4.69, 9.17) is 0 Å². The van der Waals surface area contributed by atoms with Gasteiger partial charge in [0.2, 0.25) is 0 Å². The highest BCUT2D eigenvalue weighted by molar-refractivity contribution is 9.11. The first-order valence-corrected chi connectivity index (χ1v) is 10.3. The summed E-state index contributed by atoms with van der Waals surface area (Å²) in [6.45, 7) is 1.93. The second kappa shape index (κ2) is 6.90. The molecule has 7 heteroatoms. The van der Waals surface area contributed by atoms with Crippen molar-refractivity contribution in [1.29, 1.82) is 0 Å². The van der Waals surface area contributed by atoms with Crippen LogP contribution in [0.2, 0.25) is 0 Å². The van der Waals surface area contributed by atoms with Crippen LogP contribution >= 0.6 is 38.6 Å². The minimum Gasteiger partial charge on any atom is -0.291 e. The molecule has 0 atom stereocenters.